The summed E-state index contributed by atoms with van der Waals surface area (Å²) >= 11 is 13.2. The lowest BCUT2D eigenvalue weighted by Gasteiger charge is -2.22. The van der Waals surface area contributed by atoms with Crippen LogP contribution in [-0.2, 0) is 14.8 Å². The lowest BCUT2D eigenvalue weighted by molar-refractivity contribution is -0.123. The van der Waals surface area contributed by atoms with Gasteiger partial charge >= 0.3 is 0 Å². The standard InChI is InChI=1S/C15H21Cl2FN2O3S2/c1-4-25(22,23)20-14(5-6-24-3)15(21)19-9(2)10-7-13(18)12(17)8-11(10)16/h7-9,14,20H,4-6H2,1-3H3,(H,19,21). The summed E-state index contributed by atoms with van der Waals surface area (Å²) in [6.45, 7) is 3.12. The molecular formula is C15H21Cl2FN2O3S2. The van der Waals surface area contributed by atoms with Gasteiger partial charge < -0.3 is 5.32 Å². The van der Waals surface area contributed by atoms with E-state index < -0.39 is 33.8 Å². The third kappa shape index (κ3) is 6.94. The van der Waals surface area contributed by atoms with Crippen molar-refractivity contribution >= 4 is 50.9 Å². The zero-order valence-electron chi connectivity index (χ0n) is 14.1. The van der Waals surface area contributed by atoms with Gasteiger partial charge in [0.2, 0.25) is 15.9 Å². The minimum Gasteiger partial charge on any atom is -0.348 e. The van der Waals surface area contributed by atoms with E-state index in [2.05, 4.69) is 10.0 Å². The van der Waals surface area contributed by atoms with E-state index in [1.165, 1.54) is 24.8 Å². The number of carbonyl (C=O) groups excluding carboxylic acids is 1. The summed E-state index contributed by atoms with van der Waals surface area (Å²) in [5.74, 6) is -0.660. The van der Waals surface area contributed by atoms with Crippen molar-refractivity contribution in [1.29, 1.82) is 0 Å². The first kappa shape index (κ1) is 22.5. The highest BCUT2D eigenvalue weighted by Crippen LogP contribution is 2.28. The molecule has 0 saturated heterocycles. The van der Waals surface area contributed by atoms with Gasteiger partial charge in [-0.25, -0.2) is 17.5 Å². The van der Waals surface area contributed by atoms with Crippen LogP contribution in [0.25, 0.3) is 0 Å². The highest BCUT2D eigenvalue weighted by atomic mass is 35.5. The molecule has 0 heterocycles. The summed E-state index contributed by atoms with van der Waals surface area (Å²) in [6.07, 6.45) is 2.20. The molecule has 1 rings (SSSR count). The third-order valence-electron chi connectivity index (χ3n) is 3.49. The minimum atomic E-state index is -3.54. The van der Waals surface area contributed by atoms with E-state index in [1.807, 2.05) is 6.26 Å². The lowest BCUT2D eigenvalue weighted by Crippen LogP contribution is -2.48. The van der Waals surface area contributed by atoms with Crippen LogP contribution in [0.15, 0.2) is 12.1 Å². The van der Waals surface area contributed by atoms with Gasteiger partial charge in [-0.05, 0) is 50.0 Å². The van der Waals surface area contributed by atoms with E-state index >= 15 is 0 Å². The predicted molar refractivity (Wildman–Crippen MR) is 102 cm³/mol. The fourth-order valence-corrected chi connectivity index (χ4v) is 3.88. The Bertz CT molecular complexity index is 717. The number of rotatable bonds is 9. The van der Waals surface area contributed by atoms with E-state index in [1.54, 1.807) is 6.92 Å². The van der Waals surface area contributed by atoms with Crippen LogP contribution in [0.5, 0.6) is 0 Å². The van der Waals surface area contributed by atoms with Crippen molar-refractivity contribution in [1.82, 2.24) is 10.0 Å². The van der Waals surface area contributed by atoms with Gasteiger partial charge in [-0.2, -0.15) is 11.8 Å². The smallest absolute Gasteiger partial charge is 0.238 e. The normalized spacial score (nSPS) is 14.2. The van der Waals surface area contributed by atoms with Crippen molar-refractivity contribution in [3.63, 3.8) is 0 Å². The van der Waals surface area contributed by atoms with Crippen LogP contribution in [0, 0.1) is 5.82 Å². The van der Waals surface area contributed by atoms with Crippen LogP contribution in [0.2, 0.25) is 10.0 Å². The van der Waals surface area contributed by atoms with Crippen LogP contribution in [0.4, 0.5) is 4.39 Å². The molecule has 0 radical (unpaired) electrons. The highest BCUT2D eigenvalue weighted by Gasteiger charge is 2.25. The molecule has 142 valence electrons. The molecule has 0 bridgehead atoms. The maximum atomic E-state index is 13.7. The molecule has 0 aliphatic heterocycles. The Morgan fingerprint density at radius 2 is 1.96 bits per heavy atom. The summed E-state index contributed by atoms with van der Waals surface area (Å²) < 4.78 is 39.6. The second-order valence-electron chi connectivity index (χ2n) is 5.37. The Hall–Kier alpha value is -0.540. The first-order valence-corrected chi connectivity index (χ1v) is 11.3. The highest BCUT2D eigenvalue weighted by molar-refractivity contribution is 7.98. The molecule has 0 spiro atoms. The average Bonchev–Trinajstić information content (AvgIpc) is 2.54. The monoisotopic (exact) mass is 430 g/mol. The van der Waals surface area contributed by atoms with Gasteiger partial charge in [0.25, 0.3) is 0 Å². The molecule has 0 aromatic heterocycles. The van der Waals surface area contributed by atoms with Gasteiger partial charge in [-0.3, -0.25) is 4.79 Å². The summed E-state index contributed by atoms with van der Waals surface area (Å²) in [5, 5.41) is 2.78. The van der Waals surface area contributed by atoms with Crippen LogP contribution >= 0.6 is 35.0 Å². The molecule has 2 N–H and O–H groups in total. The number of nitrogens with one attached hydrogen (secondary N) is 2. The summed E-state index contributed by atoms with van der Waals surface area (Å²) in [4.78, 5) is 12.5. The molecule has 1 amide bonds. The average molecular weight is 431 g/mol. The number of halogens is 3. The molecule has 2 unspecified atom stereocenters. The fourth-order valence-electron chi connectivity index (χ4n) is 2.04. The Labute approximate surface area is 162 Å². The zero-order chi connectivity index (χ0) is 19.2. The van der Waals surface area contributed by atoms with E-state index in [-0.39, 0.29) is 15.8 Å². The van der Waals surface area contributed by atoms with E-state index in [0.29, 0.717) is 17.7 Å². The Balaban J connectivity index is 2.93. The van der Waals surface area contributed by atoms with Gasteiger partial charge in [0, 0.05) is 5.02 Å². The van der Waals surface area contributed by atoms with Crippen molar-refractivity contribution in [2.45, 2.75) is 32.4 Å². The van der Waals surface area contributed by atoms with Crippen LogP contribution in [-0.4, -0.2) is 38.1 Å². The van der Waals surface area contributed by atoms with Crippen molar-refractivity contribution in [2.24, 2.45) is 0 Å². The second-order valence-corrected chi connectivity index (χ2v) is 9.22. The van der Waals surface area contributed by atoms with Crippen LogP contribution in [0.3, 0.4) is 0 Å². The lowest BCUT2D eigenvalue weighted by atomic mass is 10.1. The maximum Gasteiger partial charge on any atom is 0.238 e. The number of hydrogen-bond donors (Lipinski definition) is 2. The quantitative estimate of drug-likeness (QED) is 0.588. The Kier molecular flexibility index (Phi) is 8.97. The van der Waals surface area contributed by atoms with E-state index in [0.717, 1.165) is 6.07 Å². The van der Waals surface area contributed by atoms with Crippen molar-refractivity contribution in [3.05, 3.63) is 33.6 Å². The number of carbonyl (C=O) groups is 1. The molecule has 1 aromatic carbocycles. The molecule has 2 atom stereocenters. The maximum absolute atomic E-state index is 13.7. The number of thioether (sulfide) groups is 1. The summed E-state index contributed by atoms with van der Waals surface area (Å²) in [6, 6.07) is 0.898. The molecule has 0 aliphatic rings. The molecule has 5 nitrogen and oxygen atoms in total. The molecular weight excluding hydrogens is 410 g/mol. The Morgan fingerprint density at radius 1 is 1.32 bits per heavy atom. The largest absolute Gasteiger partial charge is 0.348 e. The van der Waals surface area contributed by atoms with Crippen LogP contribution in [0.1, 0.15) is 31.9 Å². The summed E-state index contributed by atoms with van der Waals surface area (Å²) in [7, 11) is -3.54. The summed E-state index contributed by atoms with van der Waals surface area (Å²) in [5.41, 5.74) is 0.360. The second kappa shape index (κ2) is 9.97. The fraction of sp³-hybridized carbons (Fsp3) is 0.533. The van der Waals surface area contributed by atoms with Gasteiger partial charge in [0.15, 0.2) is 0 Å². The molecule has 10 heteroatoms. The number of hydrogen-bond acceptors (Lipinski definition) is 4. The van der Waals surface area contributed by atoms with E-state index in [9.17, 15) is 17.6 Å². The van der Waals surface area contributed by atoms with Gasteiger partial charge in [-0.15, -0.1) is 0 Å². The SMILES string of the molecule is CCS(=O)(=O)NC(CCSC)C(=O)NC(C)c1cc(F)c(Cl)cc1Cl. The van der Waals surface area contributed by atoms with Crippen LogP contribution < -0.4 is 10.0 Å². The van der Waals surface area contributed by atoms with E-state index in [4.69, 9.17) is 23.2 Å². The topological polar surface area (TPSA) is 75.3 Å². The molecule has 0 aliphatic carbocycles. The molecule has 1 aromatic rings. The van der Waals surface area contributed by atoms with Crippen molar-refractivity contribution in [2.75, 3.05) is 17.8 Å². The first-order chi connectivity index (χ1) is 11.6. The number of benzene rings is 1. The van der Waals surface area contributed by atoms with Gasteiger partial charge in [-0.1, -0.05) is 23.2 Å². The Morgan fingerprint density at radius 3 is 2.52 bits per heavy atom. The predicted octanol–water partition coefficient (Wildman–Crippen LogP) is 3.37. The zero-order valence-corrected chi connectivity index (χ0v) is 17.3. The van der Waals surface area contributed by atoms with Gasteiger partial charge in [0.05, 0.1) is 16.8 Å². The van der Waals surface area contributed by atoms with Crippen molar-refractivity contribution in [3.8, 4) is 0 Å². The molecule has 25 heavy (non-hydrogen) atoms. The molecule has 0 saturated carbocycles. The van der Waals surface area contributed by atoms with Gasteiger partial charge in [0.1, 0.15) is 11.9 Å². The third-order valence-corrected chi connectivity index (χ3v) is 6.16. The first-order valence-electron chi connectivity index (χ1n) is 7.55. The molecule has 0 fully saturated rings. The number of sulfonamides is 1. The number of amides is 1. The van der Waals surface area contributed by atoms with Crippen molar-refractivity contribution < 1.29 is 17.6 Å². The minimum absolute atomic E-state index is 0.110.